The number of benzene rings is 1. The minimum Gasteiger partial charge on any atom is -0.506 e. The number of halogens is 2. The molecule has 0 saturated heterocycles. The fraction of sp³-hybridized carbons (Fsp3) is 0.0667. The first kappa shape index (κ1) is 13.2. The molecule has 0 atom stereocenters. The number of H-pyrrole nitrogens is 1. The van der Waals surface area contributed by atoms with E-state index in [1.807, 2.05) is 0 Å². The number of nitrogens with zero attached hydrogens (tertiary/aromatic N) is 1. The molecular formula is C15H10F2N2O2. The first-order valence-corrected chi connectivity index (χ1v) is 6.14. The first-order valence-electron chi connectivity index (χ1n) is 6.14. The van der Waals surface area contributed by atoms with Gasteiger partial charge in [0, 0.05) is 17.1 Å². The van der Waals surface area contributed by atoms with E-state index >= 15 is 0 Å². The number of ketones is 1. The van der Waals surface area contributed by atoms with Gasteiger partial charge in [-0.2, -0.15) is 0 Å². The smallest absolute Gasteiger partial charge is 0.201 e. The fourth-order valence-electron chi connectivity index (χ4n) is 2.18. The van der Waals surface area contributed by atoms with Crippen LogP contribution in [0.2, 0.25) is 0 Å². The summed E-state index contributed by atoms with van der Waals surface area (Å²) in [7, 11) is 0. The minimum absolute atomic E-state index is 0.0526. The average molecular weight is 288 g/mol. The lowest BCUT2D eigenvalue weighted by Gasteiger charge is -2.05. The van der Waals surface area contributed by atoms with E-state index in [0.717, 1.165) is 6.07 Å². The lowest BCUT2D eigenvalue weighted by molar-refractivity contribution is 0.103. The molecule has 0 spiro atoms. The highest BCUT2D eigenvalue weighted by Gasteiger charge is 2.23. The third kappa shape index (κ3) is 2.05. The van der Waals surface area contributed by atoms with Gasteiger partial charge in [0.1, 0.15) is 23.0 Å². The summed E-state index contributed by atoms with van der Waals surface area (Å²) in [5, 5.41) is 9.75. The van der Waals surface area contributed by atoms with Gasteiger partial charge in [-0.3, -0.25) is 4.79 Å². The molecule has 4 nitrogen and oxygen atoms in total. The van der Waals surface area contributed by atoms with E-state index < -0.39 is 23.0 Å². The van der Waals surface area contributed by atoms with Crippen molar-refractivity contribution in [2.24, 2.45) is 0 Å². The quantitative estimate of drug-likeness (QED) is 0.712. The molecule has 2 heterocycles. The maximum Gasteiger partial charge on any atom is 0.201 e. The van der Waals surface area contributed by atoms with Crippen molar-refractivity contribution in [3.63, 3.8) is 0 Å². The number of carbonyl (C=O) groups is 1. The monoisotopic (exact) mass is 288 g/mol. The zero-order valence-corrected chi connectivity index (χ0v) is 10.9. The van der Waals surface area contributed by atoms with Crippen LogP contribution in [0.4, 0.5) is 8.78 Å². The normalized spacial score (nSPS) is 11.0. The van der Waals surface area contributed by atoms with Crippen LogP contribution in [0.3, 0.4) is 0 Å². The molecule has 2 aromatic heterocycles. The Hall–Kier alpha value is -2.76. The van der Waals surface area contributed by atoms with Gasteiger partial charge in [0.25, 0.3) is 0 Å². The van der Waals surface area contributed by atoms with Gasteiger partial charge in [-0.05, 0) is 24.6 Å². The summed E-state index contributed by atoms with van der Waals surface area (Å²) in [5.41, 5.74) is -0.0266. The number of hydrogen-bond acceptors (Lipinski definition) is 3. The molecule has 0 radical (unpaired) electrons. The summed E-state index contributed by atoms with van der Waals surface area (Å²) in [6, 6.07) is 3.64. The molecule has 21 heavy (non-hydrogen) atoms. The van der Waals surface area contributed by atoms with Crippen molar-refractivity contribution in [3.05, 3.63) is 58.9 Å². The van der Waals surface area contributed by atoms with Gasteiger partial charge in [-0.25, -0.2) is 13.8 Å². The number of aromatic nitrogens is 2. The van der Waals surface area contributed by atoms with E-state index in [2.05, 4.69) is 9.97 Å². The van der Waals surface area contributed by atoms with Gasteiger partial charge >= 0.3 is 0 Å². The van der Waals surface area contributed by atoms with Crippen LogP contribution in [0.15, 0.2) is 30.6 Å². The minimum atomic E-state index is -0.925. The van der Waals surface area contributed by atoms with E-state index in [-0.39, 0.29) is 16.9 Å². The molecule has 2 N–H and O–H groups in total. The van der Waals surface area contributed by atoms with E-state index in [1.165, 1.54) is 31.5 Å². The predicted molar refractivity (Wildman–Crippen MR) is 72.3 cm³/mol. The summed E-state index contributed by atoms with van der Waals surface area (Å²) >= 11 is 0. The Bertz CT molecular complexity index is 871. The molecule has 0 bridgehead atoms. The lowest BCUT2D eigenvalue weighted by atomic mass is 10.0. The topological polar surface area (TPSA) is 66.0 Å². The number of aromatic amines is 1. The summed E-state index contributed by atoms with van der Waals surface area (Å²) in [6.45, 7) is 1.45. The molecule has 6 heteroatoms. The van der Waals surface area contributed by atoms with Gasteiger partial charge < -0.3 is 10.1 Å². The zero-order chi connectivity index (χ0) is 15.1. The second-order valence-corrected chi connectivity index (χ2v) is 4.67. The largest absolute Gasteiger partial charge is 0.506 e. The highest BCUT2D eigenvalue weighted by Crippen LogP contribution is 2.26. The van der Waals surface area contributed by atoms with Gasteiger partial charge in [-0.1, -0.05) is 6.07 Å². The zero-order valence-electron chi connectivity index (χ0n) is 10.9. The Kier molecular flexibility index (Phi) is 2.94. The van der Waals surface area contributed by atoms with E-state index in [4.69, 9.17) is 0 Å². The second-order valence-electron chi connectivity index (χ2n) is 4.67. The predicted octanol–water partition coefficient (Wildman–Crippen LogP) is 3.09. The van der Waals surface area contributed by atoms with Gasteiger partial charge in [0.2, 0.25) is 5.78 Å². The number of aryl methyl sites for hydroxylation is 1. The van der Waals surface area contributed by atoms with Crippen LogP contribution in [0, 0.1) is 18.6 Å². The van der Waals surface area contributed by atoms with Crippen molar-refractivity contribution >= 4 is 16.8 Å². The molecule has 3 rings (SSSR count). The molecule has 1 aromatic carbocycles. The van der Waals surface area contributed by atoms with Crippen molar-refractivity contribution < 1.29 is 18.7 Å². The summed E-state index contributed by atoms with van der Waals surface area (Å²) in [5.74, 6) is -2.75. The third-order valence-electron chi connectivity index (χ3n) is 3.27. The van der Waals surface area contributed by atoms with Crippen LogP contribution in [0.25, 0.3) is 11.0 Å². The molecule has 0 aliphatic heterocycles. The molecule has 0 aliphatic carbocycles. The lowest BCUT2D eigenvalue weighted by Crippen LogP contribution is -2.08. The van der Waals surface area contributed by atoms with Crippen molar-refractivity contribution in [1.29, 1.82) is 0 Å². The van der Waals surface area contributed by atoms with Crippen LogP contribution < -0.4 is 0 Å². The third-order valence-corrected chi connectivity index (χ3v) is 3.27. The Morgan fingerprint density at radius 3 is 2.86 bits per heavy atom. The number of nitrogens with one attached hydrogen (secondary N) is 1. The number of hydrogen-bond donors (Lipinski definition) is 2. The number of aromatic hydroxyl groups is 1. The maximum atomic E-state index is 14.0. The van der Waals surface area contributed by atoms with Gasteiger partial charge in [0.15, 0.2) is 0 Å². The van der Waals surface area contributed by atoms with Crippen LogP contribution >= 0.6 is 0 Å². The molecule has 3 aromatic rings. The highest BCUT2D eigenvalue weighted by molar-refractivity contribution is 6.16. The highest BCUT2D eigenvalue weighted by atomic mass is 19.1. The number of carbonyl (C=O) groups excluding carboxylic acids is 1. The van der Waals surface area contributed by atoms with Gasteiger partial charge in [0.05, 0.1) is 11.8 Å². The molecule has 0 aliphatic rings. The van der Waals surface area contributed by atoms with Crippen LogP contribution in [-0.4, -0.2) is 20.9 Å². The number of fused-ring (bicyclic) bond motifs is 1. The maximum absolute atomic E-state index is 14.0. The Balaban J connectivity index is 2.22. The molecule has 0 amide bonds. The van der Waals surface area contributed by atoms with E-state index in [1.54, 1.807) is 0 Å². The van der Waals surface area contributed by atoms with Crippen molar-refractivity contribution in [2.45, 2.75) is 6.92 Å². The molecule has 0 saturated carbocycles. The summed E-state index contributed by atoms with van der Waals surface area (Å²) < 4.78 is 27.9. The average Bonchev–Trinajstić information content (AvgIpc) is 2.86. The molecule has 106 valence electrons. The van der Waals surface area contributed by atoms with Gasteiger partial charge in [-0.15, -0.1) is 0 Å². The molecular weight excluding hydrogens is 278 g/mol. The second kappa shape index (κ2) is 4.66. The van der Waals surface area contributed by atoms with E-state index in [9.17, 15) is 18.7 Å². The van der Waals surface area contributed by atoms with Crippen LogP contribution in [0.5, 0.6) is 5.75 Å². The van der Waals surface area contributed by atoms with Crippen molar-refractivity contribution in [3.8, 4) is 5.75 Å². The number of rotatable bonds is 2. The standard InChI is InChI=1S/C15H10F2N2O2/c1-7-2-3-11(16)12(13(7)17)14(21)10-6-19-15-9(10)4-8(20)5-18-15/h2-6,20H,1H3,(H,18,19). The van der Waals surface area contributed by atoms with Crippen LogP contribution in [0.1, 0.15) is 21.5 Å². The number of pyridine rings is 1. The Labute approximate surface area is 118 Å². The fourth-order valence-corrected chi connectivity index (χ4v) is 2.18. The van der Waals surface area contributed by atoms with E-state index in [0.29, 0.717) is 11.0 Å². The SMILES string of the molecule is Cc1ccc(F)c(C(=O)c2c[nH]c3ncc(O)cc23)c1F. The Morgan fingerprint density at radius 2 is 2.10 bits per heavy atom. The summed E-state index contributed by atoms with van der Waals surface area (Å²) in [6.07, 6.45) is 2.53. The summed E-state index contributed by atoms with van der Waals surface area (Å²) in [4.78, 5) is 19.0. The van der Waals surface area contributed by atoms with Crippen molar-refractivity contribution in [1.82, 2.24) is 9.97 Å². The van der Waals surface area contributed by atoms with Crippen LogP contribution in [-0.2, 0) is 0 Å². The molecule has 0 fully saturated rings. The van der Waals surface area contributed by atoms with Crippen molar-refractivity contribution in [2.75, 3.05) is 0 Å². The molecule has 0 unspecified atom stereocenters. The first-order chi connectivity index (χ1) is 9.99. The Morgan fingerprint density at radius 1 is 1.33 bits per heavy atom.